The van der Waals surface area contributed by atoms with Crippen LogP contribution in [0.5, 0.6) is 0 Å². The van der Waals surface area contributed by atoms with Gasteiger partial charge < -0.3 is 4.57 Å². The third-order valence-electron chi connectivity index (χ3n) is 4.03. The van der Waals surface area contributed by atoms with E-state index in [1.807, 2.05) is 29.7 Å². The van der Waals surface area contributed by atoms with Crippen molar-refractivity contribution in [2.45, 2.75) is 38.1 Å². The van der Waals surface area contributed by atoms with Crippen LogP contribution in [0.4, 0.5) is 5.69 Å². The molecule has 1 aromatic carbocycles. The highest BCUT2D eigenvalue weighted by Gasteiger charge is 2.22. The lowest BCUT2D eigenvalue weighted by atomic mass is 10.2. The van der Waals surface area contributed by atoms with Gasteiger partial charge in [-0.2, -0.15) is 0 Å². The van der Waals surface area contributed by atoms with Crippen molar-refractivity contribution in [2.24, 2.45) is 0 Å². The lowest BCUT2D eigenvalue weighted by Gasteiger charge is -2.09. The molecule has 24 heavy (non-hydrogen) atoms. The van der Waals surface area contributed by atoms with Gasteiger partial charge in [-0.15, -0.1) is 0 Å². The van der Waals surface area contributed by atoms with E-state index in [-0.39, 0.29) is 4.90 Å². The minimum Gasteiger partial charge on any atom is -0.331 e. The molecule has 0 radical (unpaired) electrons. The van der Waals surface area contributed by atoms with Gasteiger partial charge in [-0.05, 0) is 37.1 Å². The first-order valence-corrected chi connectivity index (χ1v) is 9.53. The quantitative estimate of drug-likeness (QED) is 0.737. The van der Waals surface area contributed by atoms with E-state index in [0.717, 1.165) is 24.9 Å². The Morgan fingerprint density at radius 2 is 1.96 bits per heavy atom. The van der Waals surface area contributed by atoms with Gasteiger partial charge in [0.2, 0.25) is 0 Å². The van der Waals surface area contributed by atoms with Crippen LogP contribution in [-0.2, 0) is 16.6 Å². The van der Waals surface area contributed by atoms with Gasteiger partial charge >= 0.3 is 0 Å². The number of para-hydroxylation sites is 1. The molecule has 0 spiro atoms. The fraction of sp³-hybridized carbons (Fsp3) is 0.278. The average Bonchev–Trinajstić information content (AvgIpc) is 2.95. The lowest BCUT2D eigenvalue weighted by molar-refractivity contribution is 0.600. The van der Waals surface area contributed by atoms with Gasteiger partial charge in [0.15, 0.2) is 0 Å². The summed E-state index contributed by atoms with van der Waals surface area (Å²) < 4.78 is 30.4. The van der Waals surface area contributed by atoms with Crippen molar-refractivity contribution < 1.29 is 8.42 Å². The summed E-state index contributed by atoms with van der Waals surface area (Å²) in [5.41, 5.74) is 2.18. The number of sulfonamides is 1. The predicted molar refractivity (Wildman–Crippen MR) is 96.6 cm³/mol. The molecule has 0 aliphatic carbocycles. The van der Waals surface area contributed by atoms with Crippen LogP contribution in [0.2, 0.25) is 0 Å². The number of pyridine rings is 1. The Labute approximate surface area is 142 Å². The van der Waals surface area contributed by atoms with Crippen LogP contribution >= 0.6 is 0 Å². The number of rotatable bonds is 6. The molecule has 0 aliphatic rings. The first kappa shape index (κ1) is 16.5. The number of hydrogen-bond acceptors (Lipinski definition) is 3. The minimum absolute atomic E-state index is 0.268. The maximum atomic E-state index is 12.9. The number of anilines is 1. The van der Waals surface area contributed by atoms with Crippen molar-refractivity contribution in [2.75, 3.05) is 4.72 Å². The highest BCUT2D eigenvalue weighted by atomic mass is 32.2. The summed E-state index contributed by atoms with van der Waals surface area (Å²) in [4.78, 5) is 4.63. The zero-order valence-electron chi connectivity index (χ0n) is 13.9. The highest BCUT2D eigenvalue weighted by Crippen LogP contribution is 2.27. The fourth-order valence-corrected chi connectivity index (χ4v) is 4.03. The summed E-state index contributed by atoms with van der Waals surface area (Å²) in [6.45, 7) is 4.74. The highest BCUT2D eigenvalue weighted by molar-refractivity contribution is 7.93. The molecule has 0 atom stereocenters. The second-order valence-corrected chi connectivity index (χ2v) is 7.49. The molecule has 5 nitrogen and oxygen atoms in total. The van der Waals surface area contributed by atoms with Gasteiger partial charge in [-0.1, -0.05) is 31.5 Å². The maximum Gasteiger partial charge on any atom is 0.264 e. The summed E-state index contributed by atoms with van der Waals surface area (Å²) in [7, 11) is -3.68. The van der Waals surface area contributed by atoms with Gasteiger partial charge in [0, 0.05) is 24.3 Å². The van der Waals surface area contributed by atoms with Crippen molar-refractivity contribution in [1.29, 1.82) is 0 Å². The van der Waals surface area contributed by atoms with Crippen molar-refractivity contribution in [3.63, 3.8) is 0 Å². The first-order valence-electron chi connectivity index (χ1n) is 8.05. The average molecular weight is 343 g/mol. The van der Waals surface area contributed by atoms with E-state index in [9.17, 15) is 8.42 Å². The summed E-state index contributed by atoms with van der Waals surface area (Å²) in [6, 6.07) is 10.9. The van der Waals surface area contributed by atoms with E-state index in [0.29, 0.717) is 16.7 Å². The number of nitrogens with one attached hydrogen (secondary N) is 1. The fourth-order valence-electron chi connectivity index (χ4n) is 2.69. The number of nitrogens with zero attached hydrogens (tertiary/aromatic N) is 2. The Kier molecular flexibility index (Phi) is 4.57. The van der Waals surface area contributed by atoms with Crippen molar-refractivity contribution in [1.82, 2.24) is 9.55 Å². The monoisotopic (exact) mass is 343 g/mol. The minimum atomic E-state index is -3.68. The topological polar surface area (TPSA) is 64.0 Å². The molecule has 2 aromatic heterocycles. The Balaban J connectivity index is 2.06. The molecule has 0 unspecified atom stereocenters. The summed E-state index contributed by atoms with van der Waals surface area (Å²) in [5, 5.41) is 0.648. The van der Waals surface area contributed by atoms with Crippen molar-refractivity contribution >= 4 is 26.7 Å². The number of aryl methyl sites for hydroxylation is 2. The third-order valence-corrected chi connectivity index (χ3v) is 5.42. The number of benzene rings is 1. The molecule has 0 fully saturated rings. The lowest BCUT2D eigenvalue weighted by Crippen LogP contribution is -2.13. The summed E-state index contributed by atoms with van der Waals surface area (Å²) in [6.07, 6.45) is 5.39. The molecule has 0 bridgehead atoms. The van der Waals surface area contributed by atoms with Gasteiger partial charge in [0.05, 0.1) is 5.69 Å². The van der Waals surface area contributed by atoms with E-state index >= 15 is 0 Å². The van der Waals surface area contributed by atoms with Crippen LogP contribution in [-0.4, -0.2) is 18.0 Å². The Morgan fingerprint density at radius 3 is 2.71 bits per heavy atom. The third kappa shape index (κ3) is 3.14. The van der Waals surface area contributed by atoms with Gasteiger partial charge in [-0.3, -0.25) is 4.72 Å². The molecule has 3 rings (SSSR count). The van der Waals surface area contributed by atoms with Gasteiger partial charge in [0.1, 0.15) is 10.5 Å². The molecule has 0 amide bonds. The Bertz CT molecular complexity index is 961. The molecule has 2 heterocycles. The zero-order chi connectivity index (χ0) is 17.2. The molecule has 0 aliphatic heterocycles. The van der Waals surface area contributed by atoms with E-state index in [4.69, 9.17) is 0 Å². The van der Waals surface area contributed by atoms with E-state index in [2.05, 4.69) is 16.6 Å². The number of fused-ring (bicyclic) bond motifs is 1. The maximum absolute atomic E-state index is 12.9. The molecular formula is C18H21N3O2S. The first-order chi connectivity index (χ1) is 11.5. The van der Waals surface area contributed by atoms with Crippen molar-refractivity contribution in [3.8, 4) is 0 Å². The van der Waals surface area contributed by atoms with Crippen molar-refractivity contribution in [3.05, 3.63) is 54.4 Å². The Morgan fingerprint density at radius 1 is 1.17 bits per heavy atom. The van der Waals surface area contributed by atoms with Crippen LogP contribution in [0.1, 0.15) is 25.3 Å². The van der Waals surface area contributed by atoms with Crippen LogP contribution in [0.3, 0.4) is 0 Å². The molecule has 0 saturated carbocycles. The van der Waals surface area contributed by atoms with Crippen LogP contribution in [0, 0.1) is 6.92 Å². The van der Waals surface area contributed by atoms with E-state index in [1.165, 1.54) is 0 Å². The number of hydrogen-bond donors (Lipinski definition) is 1. The Hall–Kier alpha value is -2.34. The summed E-state index contributed by atoms with van der Waals surface area (Å²) in [5.74, 6) is 0. The number of aromatic nitrogens is 2. The largest absolute Gasteiger partial charge is 0.331 e. The second-order valence-electron chi connectivity index (χ2n) is 5.84. The normalized spacial score (nSPS) is 11.8. The molecule has 0 saturated heterocycles. The summed E-state index contributed by atoms with van der Waals surface area (Å²) >= 11 is 0. The standard InChI is InChI=1S/C18H21N3O2S/c1-3-4-12-21-13-17(15-9-7-11-19-18(15)21)24(22,23)20-16-10-6-5-8-14(16)2/h5-11,13,20H,3-4,12H2,1-2H3. The molecule has 3 aromatic rings. The second kappa shape index (κ2) is 6.65. The SMILES string of the molecule is CCCCn1cc(S(=O)(=O)Nc2ccccc2C)c2cccnc21. The molecule has 1 N–H and O–H groups in total. The van der Waals surface area contributed by atoms with Crippen LogP contribution in [0.25, 0.3) is 11.0 Å². The molecular weight excluding hydrogens is 322 g/mol. The van der Waals surface area contributed by atoms with E-state index in [1.54, 1.807) is 30.6 Å². The van der Waals surface area contributed by atoms with Gasteiger partial charge in [0.25, 0.3) is 10.0 Å². The van der Waals surface area contributed by atoms with Crippen LogP contribution < -0.4 is 4.72 Å². The predicted octanol–water partition coefficient (Wildman–Crippen LogP) is 3.95. The molecule has 126 valence electrons. The van der Waals surface area contributed by atoms with Crippen LogP contribution in [0.15, 0.2) is 53.7 Å². The smallest absolute Gasteiger partial charge is 0.264 e. The zero-order valence-corrected chi connectivity index (χ0v) is 14.7. The van der Waals surface area contributed by atoms with Gasteiger partial charge in [-0.25, -0.2) is 13.4 Å². The van der Waals surface area contributed by atoms with E-state index < -0.39 is 10.0 Å². The number of unbranched alkanes of at least 4 members (excludes halogenated alkanes) is 1. The molecule has 6 heteroatoms.